The molecule has 0 N–H and O–H groups in total. The Kier molecular flexibility index (Phi) is 13.9. The third kappa shape index (κ3) is 10.9. The zero-order chi connectivity index (χ0) is 27.0. The number of benzene rings is 3. The molecule has 0 fully saturated rings. The molecule has 3 aromatic rings. The molecule has 2 heteroatoms. The van der Waals surface area contributed by atoms with Crippen LogP contribution in [-0.2, 0) is 0 Å². The Morgan fingerprint density at radius 2 is 0.763 bits per heavy atom. The van der Waals surface area contributed by atoms with Crippen molar-refractivity contribution in [3.63, 3.8) is 0 Å². The molecule has 0 aliphatic carbocycles. The van der Waals surface area contributed by atoms with Gasteiger partial charge in [0.1, 0.15) is 0 Å². The summed E-state index contributed by atoms with van der Waals surface area (Å²) in [6, 6.07) is 26.7. The monoisotopic (exact) mass is 542 g/mol. The first-order chi connectivity index (χ1) is 18.6. The first-order valence-corrected chi connectivity index (χ1v) is 16.5. The van der Waals surface area contributed by atoms with Crippen molar-refractivity contribution < 1.29 is 0 Å². The summed E-state index contributed by atoms with van der Waals surface area (Å²) in [4.78, 5) is 2.75. The highest BCUT2D eigenvalue weighted by Crippen LogP contribution is 2.26. The van der Waals surface area contributed by atoms with E-state index in [0.717, 1.165) is 11.8 Å². The summed E-state index contributed by atoms with van der Waals surface area (Å²) in [6.45, 7) is 9.20. The summed E-state index contributed by atoms with van der Waals surface area (Å²) in [6.07, 6.45) is 16.6. The van der Waals surface area contributed by atoms with E-state index < -0.39 is 0 Å². The number of hydrogen-bond acceptors (Lipinski definition) is 2. The molecule has 0 amide bonds. The molecule has 0 aromatic heterocycles. The maximum atomic E-state index is 2.31. The summed E-state index contributed by atoms with van der Waals surface area (Å²) >= 11 is 3.99. The maximum absolute atomic E-state index is 2.31. The van der Waals surface area contributed by atoms with Crippen LogP contribution in [0.1, 0.15) is 88.5 Å². The Morgan fingerprint density at radius 3 is 1.03 bits per heavy atom. The molecule has 2 unspecified atom stereocenters. The Bertz CT molecular complexity index is 1000. The van der Waals surface area contributed by atoms with Gasteiger partial charge >= 0.3 is 0 Å². The molecule has 202 valence electrons. The molecule has 2 atom stereocenters. The Balaban J connectivity index is 1.48. The number of thioether (sulfide) groups is 2. The van der Waals surface area contributed by atoms with Crippen molar-refractivity contribution in [1.82, 2.24) is 0 Å². The SMILES string of the molecule is CCCC(CC)CSc1ccc(/C=C/c2ccc(/C=C/c3ccc(SCC(CC)CCC)cc3)cc2)cc1. The highest BCUT2D eigenvalue weighted by atomic mass is 32.2. The molecule has 0 saturated carbocycles. The lowest BCUT2D eigenvalue weighted by molar-refractivity contribution is 0.517. The molecular formula is C36H46S2. The first kappa shape index (κ1) is 30.4. The summed E-state index contributed by atoms with van der Waals surface area (Å²) in [5.74, 6) is 4.12. The van der Waals surface area contributed by atoms with Gasteiger partial charge in [-0.2, -0.15) is 0 Å². The van der Waals surface area contributed by atoms with Gasteiger partial charge in [0.2, 0.25) is 0 Å². The molecule has 38 heavy (non-hydrogen) atoms. The highest BCUT2D eigenvalue weighted by Gasteiger charge is 2.07. The van der Waals surface area contributed by atoms with Crippen LogP contribution in [0.5, 0.6) is 0 Å². The summed E-state index contributed by atoms with van der Waals surface area (Å²) < 4.78 is 0. The van der Waals surface area contributed by atoms with Crippen molar-refractivity contribution >= 4 is 47.8 Å². The molecule has 0 spiro atoms. The van der Waals surface area contributed by atoms with Gasteiger partial charge in [0.15, 0.2) is 0 Å². The zero-order valence-corrected chi connectivity index (χ0v) is 25.5. The average molecular weight is 543 g/mol. The van der Waals surface area contributed by atoms with Crippen molar-refractivity contribution in [2.24, 2.45) is 11.8 Å². The van der Waals surface area contributed by atoms with Gasteiger partial charge in [-0.15, -0.1) is 23.5 Å². The smallest absolute Gasteiger partial charge is 0.00724 e. The van der Waals surface area contributed by atoms with E-state index in [9.17, 15) is 0 Å². The van der Waals surface area contributed by atoms with Crippen LogP contribution in [0.4, 0.5) is 0 Å². The second-order valence-electron chi connectivity index (χ2n) is 10.2. The van der Waals surface area contributed by atoms with Gasteiger partial charge < -0.3 is 0 Å². The van der Waals surface area contributed by atoms with Crippen LogP contribution >= 0.6 is 23.5 Å². The van der Waals surface area contributed by atoms with E-state index in [-0.39, 0.29) is 0 Å². The molecule has 0 nitrogen and oxygen atoms in total. The van der Waals surface area contributed by atoms with Crippen molar-refractivity contribution in [2.45, 2.75) is 76.0 Å². The molecule has 0 bridgehead atoms. The number of rotatable bonds is 16. The Hall–Kier alpha value is -2.16. The van der Waals surface area contributed by atoms with Crippen LogP contribution < -0.4 is 0 Å². The molecule has 0 aliphatic rings. The lowest BCUT2D eigenvalue weighted by Crippen LogP contribution is -2.01. The minimum absolute atomic E-state index is 0.834. The molecule has 0 aliphatic heterocycles. The second-order valence-corrected chi connectivity index (χ2v) is 12.4. The first-order valence-electron chi connectivity index (χ1n) is 14.5. The second kappa shape index (κ2) is 17.4. The number of hydrogen-bond donors (Lipinski definition) is 0. The normalized spacial score (nSPS) is 13.4. The van der Waals surface area contributed by atoms with Crippen molar-refractivity contribution in [1.29, 1.82) is 0 Å². The van der Waals surface area contributed by atoms with E-state index in [1.54, 1.807) is 0 Å². The van der Waals surface area contributed by atoms with Gasteiger partial charge in [0, 0.05) is 21.3 Å². The van der Waals surface area contributed by atoms with Gasteiger partial charge in [-0.3, -0.25) is 0 Å². The van der Waals surface area contributed by atoms with Gasteiger partial charge in [0.25, 0.3) is 0 Å². The molecule has 0 saturated heterocycles. The highest BCUT2D eigenvalue weighted by molar-refractivity contribution is 7.99. The molecule has 0 heterocycles. The lowest BCUT2D eigenvalue weighted by Gasteiger charge is -2.13. The fourth-order valence-electron chi connectivity index (χ4n) is 4.51. The van der Waals surface area contributed by atoms with Crippen LogP contribution in [0.3, 0.4) is 0 Å². The van der Waals surface area contributed by atoms with Crippen LogP contribution in [0.2, 0.25) is 0 Å². The van der Waals surface area contributed by atoms with Gasteiger partial charge in [-0.1, -0.05) is 126 Å². The minimum atomic E-state index is 0.834. The molecule has 3 aromatic carbocycles. The third-order valence-corrected chi connectivity index (χ3v) is 9.64. The molecule has 3 rings (SSSR count). The van der Waals surface area contributed by atoms with E-state index >= 15 is 0 Å². The topological polar surface area (TPSA) is 0 Å². The quantitative estimate of drug-likeness (QED) is 0.130. The average Bonchev–Trinajstić information content (AvgIpc) is 2.97. The summed E-state index contributed by atoms with van der Waals surface area (Å²) in [5, 5.41) is 0. The van der Waals surface area contributed by atoms with Gasteiger partial charge in [-0.25, -0.2) is 0 Å². The van der Waals surface area contributed by atoms with Crippen LogP contribution in [0.25, 0.3) is 24.3 Å². The summed E-state index contributed by atoms with van der Waals surface area (Å²) in [5.41, 5.74) is 4.94. The van der Waals surface area contributed by atoms with Crippen LogP contribution in [0, 0.1) is 11.8 Å². The van der Waals surface area contributed by atoms with E-state index in [0.29, 0.717) is 0 Å². The lowest BCUT2D eigenvalue weighted by atomic mass is 10.0. The molecular weight excluding hydrogens is 497 g/mol. The fourth-order valence-corrected chi connectivity index (χ4v) is 6.83. The maximum Gasteiger partial charge on any atom is 0.00724 e. The van der Waals surface area contributed by atoms with Crippen molar-refractivity contribution in [3.8, 4) is 0 Å². The minimum Gasteiger partial charge on any atom is -0.126 e. The fraction of sp³-hybridized carbons (Fsp3) is 0.389. The zero-order valence-electron chi connectivity index (χ0n) is 23.9. The van der Waals surface area contributed by atoms with Gasteiger partial charge in [-0.05, 0) is 71.2 Å². The van der Waals surface area contributed by atoms with Gasteiger partial charge in [0.05, 0.1) is 0 Å². The standard InChI is InChI=1S/C36H46S2/c1-5-9-29(7-3)27-37-35-23-19-33(20-24-35)17-15-31-11-13-32(14-12-31)16-18-34-21-25-36(26-22-34)38-28-30(8-4)10-6-2/h11-26,29-30H,5-10,27-28H2,1-4H3/b17-15+,18-16+. The Labute approximate surface area is 241 Å². The largest absolute Gasteiger partial charge is 0.126 e. The van der Waals surface area contributed by atoms with E-state index in [1.165, 1.54) is 82.1 Å². The summed E-state index contributed by atoms with van der Waals surface area (Å²) in [7, 11) is 0. The Morgan fingerprint density at radius 1 is 0.474 bits per heavy atom. The molecule has 0 radical (unpaired) electrons. The third-order valence-electron chi connectivity index (χ3n) is 7.15. The van der Waals surface area contributed by atoms with Crippen LogP contribution in [0.15, 0.2) is 82.6 Å². The van der Waals surface area contributed by atoms with E-state index in [1.807, 2.05) is 23.5 Å². The predicted octanol–water partition coefficient (Wildman–Crippen LogP) is 11.9. The van der Waals surface area contributed by atoms with Crippen molar-refractivity contribution in [2.75, 3.05) is 11.5 Å². The van der Waals surface area contributed by atoms with Crippen LogP contribution in [-0.4, -0.2) is 11.5 Å². The van der Waals surface area contributed by atoms with E-state index in [2.05, 4.69) is 125 Å². The predicted molar refractivity (Wildman–Crippen MR) is 176 cm³/mol. The van der Waals surface area contributed by atoms with Crippen molar-refractivity contribution in [3.05, 3.63) is 95.1 Å². The van der Waals surface area contributed by atoms with E-state index in [4.69, 9.17) is 0 Å².